The van der Waals surface area contributed by atoms with Gasteiger partial charge in [-0.2, -0.15) is 0 Å². The highest BCUT2D eigenvalue weighted by Gasteiger charge is 2.32. The first-order valence-corrected chi connectivity index (χ1v) is 9.66. The van der Waals surface area contributed by atoms with E-state index in [1.165, 1.54) is 0 Å². The fraction of sp³-hybridized carbons (Fsp3) is 0.160. The van der Waals surface area contributed by atoms with Crippen molar-refractivity contribution in [3.8, 4) is 17.0 Å². The minimum atomic E-state index is -0.742. The summed E-state index contributed by atoms with van der Waals surface area (Å²) in [6, 6.07) is 21.3. The SMILES string of the molecule is COc1ccc(Cn2c3c(c4cc(C)ccc4c2=O)C(O)c2ccccc2-3)cc1. The Kier molecular flexibility index (Phi) is 4.03. The van der Waals surface area contributed by atoms with Crippen molar-refractivity contribution in [2.75, 3.05) is 7.11 Å². The minimum Gasteiger partial charge on any atom is -0.497 e. The predicted molar refractivity (Wildman–Crippen MR) is 115 cm³/mol. The first kappa shape index (κ1) is 17.7. The number of hydrogen-bond acceptors (Lipinski definition) is 3. The van der Waals surface area contributed by atoms with E-state index in [1.54, 1.807) is 11.7 Å². The fourth-order valence-corrected chi connectivity index (χ4v) is 4.33. The lowest BCUT2D eigenvalue weighted by Gasteiger charge is -2.17. The maximum absolute atomic E-state index is 13.5. The van der Waals surface area contributed by atoms with E-state index < -0.39 is 6.10 Å². The van der Waals surface area contributed by atoms with Crippen molar-refractivity contribution in [2.45, 2.75) is 19.6 Å². The van der Waals surface area contributed by atoms with Crippen LogP contribution in [0.3, 0.4) is 0 Å². The van der Waals surface area contributed by atoms with Crippen molar-refractivity contribution in [3.63, 3.8) is 0 Å². The summed E-state index contributed by atoms with van der Waals surface area (Å²) in [6.45, 7) is 2.43. The van der Waals surface area contributed by atoms with Crippen LogP contribution < -0.4 is 10.3 Å². The van der Waals surface area contributed by atoms with Crippen molar-refractivity contribution in [3.05, 3.63) is 99.3 Å². The Morgan fingerprint density at radius 3 is 2.52 bits per heavy atom. The molecule has 0 bridgehead atoms. The number of aliphatic hydroxyl groups is 1. The molecule has 0 saturated heterocycles. The van der Waals surface area contributed by atoms with Gasteiger partial charge in [-0.15, -0.1) is 0 Å². The average molecular weight is 383 g/mol. The topological polar surface area (TPSA) is 51.5 Å². The highest BCUT2D eigenvalue weighted by atomic mass is 16.5. The van der Waals surface area contributed by atoms with Gasteiger partial charge in [0, 0.05) is 16.5 Å². The summed E-state index contributed by atoms with van der Waals surface area (Å²) in [6.07, 6.45) is -0.742. The van der Waals surface area contributed by atoms with E-state index in [1.807, 2.05) is 73.7 Å². The molecule has 4 aromatic rings. The van der Waals surface area contributed by atoms with Crippen LogP contribution in [0.5, 0.6) is 5.75 Å². The molecule has 3 aromatic carbocycles. The summed E-state index contributed by atoms with van der Waals surface area (Å²) in [4.78, 5) is 13.5. The van der Waals surface area contributed by atoms with Gasteiger partial charge in [0.25, 0.3) is 5.56 Å². The number of benzene rings is 3. The lowest BCUT2D eigenvalue weighted by Crippen LogP contribution is -2.23. The van der Waals surface area contributed by atoms with Crippen LogP contribution in [0.25, 0.3) is 22.0 Å². The maximum Gasteiger partial charge on any atom is 0.259 e. The number of rotatable bonds is 3. The van der Waals surface area contributed by atoms with Gasteiger partial charge in [0.15, 0.2) is 0 Å². The third-order valence-electron chi connectivity index (χ3n) is 5.75. The van der Waals surface area contributed by atoms with Gasteiger partial charge in [-0.05, 0) is 41.6 Å². The number of pyridine rings is 1. The summed E-state index contributed by atoms with van der Waals surface area (Å²) in [5.74, 6) is 0.779. The van der Waals surface area contributed by atoms with Crippen molar-refractivity contribution in [1.29, 1.82) is 0 Å². The van der Waals surface area contributed by atoms with Crippen molar-refractivity contribution >= 4 is 10.8 Å². The number of methoxy groups -OCH3 is 1. The molecule has 0 fully saturated rings. The third-order valence-corrected chi connectivity index (χ3v) is 5.75. The minimum absolute atomic E-state index is 0.0431. The molecule has 29 heavy (non-hydrogen) atoms. The summed E-state index contributed by atoms with van der Waals surface area (Å²) < 4.78 is 7.04. The van der Waals surface area contributed by atoms with Gasteiger partial charge in [0.05, 0.1) is 19.3 Å². The first-order valence-electron chi connectivity index (χ1n) is 9.66. The number of fused-ring (bicyclic) bond motifs is 5. The largest absolute Gasteiger partial charge is 0.497 e. The lowest BCUT2D eigenvalue weighted by atomic mass is 10.00. The number of aromatic nitrogens is 1. The van der Waals surface area contributed by atoms with Crippen LogP contribution in [0, 0.1) is 6.92 Å². The molecule has 0 aliphatic heterocycles. The van der Waals surface area contributed by atoms with E-state index in [-0.39, 0.29) is 5.56 Å². The van der Waals surface area contributed by atoms with Crippen molar-refractivity contribution in [1.82, 2.24) is 4.57 Å². The number of nitrogens with zero attached hydrogens (tertiary/aromatic N) is 1. The van der Waals surface area contributed by atoms with Crippen LogP contribution in [-0.4, -0.2) is 16.8 Å². The van der Waals surface area contributed by atoms with Gasteiger partial charge in [0.1, 0.15) is 11.9 Å². The molecule has 144 valence electrons. The summed E-state index contributed by atoms with van der Waals surface area (Å²) in [5.41, 5.74) is 5.42. The van der Waals surface area contributed by atoms with Crippen LogP contribution >= 0.6 is 0 Å². The Labute approximate surface area is 168 Å². The molecule has 4 heteroatoms. The summed E-state index contributed by atoms with van der Waals surface area (Å²) in [7, 11) is 1.63. The molecule has 1 unspecified atom stereocenters. The lowest BCUT2D eigenvalue weighted by molar-refractivity contribution is 0.226. The molecule has 1 aliphatic rings. The third kappa shape index (κ3) is 2.68. The smallest absolute Gasteiger partial charge is 0.259 e. The van der Waals surface area contributed by atoms with Gasteiger partial charge >= 0.3 is 0 Å². The standard InChI is InChI=1S/C25H21NO3/c1-15-7-12-20-21(13-15)22-23(18-5-3-4-6-19(18)24(22)27)26(25(20)28)14-16-8-10-17(29-2)11-9-16/h3-13,24,27H,14H2,1-2H3. The van der Waals surface area contributed by atoms with Crippen LogP contribution in [0.15, 0.2) is 71.5 Å². The first-order chi connectivity index (χ1) is 14.1. The van der Waals surface area contributed by atoms with E-state index in [0.29, 0.717) is 11.9 Å². The normalized spacial score (nSPS) is 14.7. The zero-order valence-electron chi connectivity index (χ0n) is 16.3. The van der Waals surface area contributed by atoms with Crippen LogP contribution in [0.4, 0.5) is 0 Å². The molecule has 0 radical (unpaired) electrons. The van der Waals surface area contributed by atoms with Gasteiger partial charge in [0.2, 0.25) is 0 Å². The molecule has 0 amide bonds. The number of aryl methyl sites for hydroxylation is 1. The predicted octanol–water partition coefficient (Wildman–Crippen LogP) is 4.43. The quantitative estimate of drug-likeness (QED) is 0.569. The molecular weight excluding hydrogens is 362 g/mol. The summed E-state index contributed by atoms with van der Waals surface area (Å²) in [5, 5.41) is 12.6. The Balaban J connectivity index is 1.81. The van der Waals surface area contributed by atoms with Gasteiger partial charge in [-0.25, -0.2) is 0 Å². The van der Waals surface area contributed by atoms with E-state index in [2.05, 4.69) is 0 Å². The molecule has 0 saturated carbocycles. The van der Waals surface area contributed by atoms with Crippen molar-refractivity contribution in [2.24, 2.45) is 0 Å². The highest BCUT2D eigenvalue weighted by molar-refractivity contribution is 5.94. The number of aliphatic hydroxyl groups excluding tert-OH is 1. The van der Waals surface area contributed by atoms with Gasteiger partial charge in [-0.1, -0.05) is 54.1 Å². The number of ether oxygens (including phenoxy) is 1. The second kappa shape index (κ2) is 6.61. The van der Waals surface area contributed by atoms with Crippen LogP contribution in [-0.2, 0) is 6.54 Å². The molecule has 1 aliphatic carbocycles. The summed E-state index contributed by atoms with van der Waals surface area (Å²) >= 11 is 0. The molecule has 1 heterocycles. The van der Waals surface area contributed by atoms with Gasteiger partial charge in [-0.3, -0.25) is 4.79 Å². The number of hydrogen-bond donors (Lipinski definition) is 1. The van der Waals surface area contributed by atoms with E-state index in [9.17, 15) is 9.90 Å². The Hall–Kier alpha value is -3.37. The maximum atomic E-state index is 13.5. The van der Waals surface area contributed by atoms with Crippen molar-refractivity contribution < 1.29 is 9.84 Å². The Morgan fingerprint density at radius 2 is 1.76 bits per heavy atom. The monoisotopic (exact) mass is 383 g/mol. The Morgan fingerprint density at radius 1 is 1.00 bits per heavy atom. The zero-order chi connectivity index (χ0) is 20.1. The molecule has 5 rings (SSSR count). The van der Waals surface area contributed by atoms with E-state index in [4.69, 9.17) is 4.74 Å². The molecule has 4 nitrogen and oxygen atoms in total. The highest BCUT2D eigenvalue weighted by Crippen LogP contribution is 2.45. The molecular formula is C25H21NO3. The molecule has 1 aromatic heterocycles. The molecule has 0 spiro atoms. The molecule has 1 N–H and O–H groups in total. The van der Waals surface area contributed by atoms with Gasteiger partial charge < -0.3 is 14.4 Å². The average Bonchev–Trinajstić information content (AvgIpc) is 3.04. The van der Waals surface area contributed by atoms with Crippen LogP contribution in [0.2, 0.25) is 0 Å². The second-order valence-corrected chi connectivity index (χ2v) is 7.54. The fourth-order valence-electron chi connectivity index (χ4n) is 4.33. The van der Waals surface area contributed by atoms with E-state index in [0.717, 1.165) is 44.6 Å². The molecule has 1 atom stereocenters. The zero-order valence-corrected chi connectivity index (χ0v) is 16.3. The van der Waals surface area contributed by atoms with E-state index >= 15 is 0 Å². The second-order valence-electron chi connectivity index (χ2n) is 7.54. The Bertz CT molecular complexity index is 1300. The van der Waals surface area contributed by atoms with Crippen LogP contribution in [0.1, 0.15) is 28.4 Å².